The second-order valence-electron chi connectivity index (χ2n) is 5.18. The Morgan fingerprint density at radius 3 is 2.38 bits per heavy atom. The minimum absolute atomic E-state index is 0.000645. The molecule has 0 fully saturated rings. The van der Waals surface area contributed by atoms with Gasteiger partial charge in [-0.2, -0.15) is 8.42 Å². The standard InChI is InChI=1S/C13H17ClN2O7S/c1-16(2)9(13(19)20)3-4-11(17)15-8-5-7(14)6-10(12(8)18)24(21,22)23/h5-6,9,18H,3-4H2,1-2H3,(H,15,17)(H,19,20)(H,21,22,23)/t9-/m0/s1. The van der Waals surface area contributed by atoms with Crippen LogP contribution in [0, 0.1) is 0 Å². The molecule has 11 heteroatoms. The van der Waals surface area contributed by atoms with Gasteiger partial charge in [-0.1, -0.05) is 11.6 Å². The summed E-state index contributed by atoms with van der Waals surface area (Å²) in [5, 5.41) is 21.0. The van der Waals surface area contributed by atoms with Crippen LogP contribution in [0.5, 0.6) is 5.75 Å². The van der Waals surface area contributed by atoms with Gasteiger partial charge >= 0.3 is 5.97 Å². The summed E-state index contributed by atoms with van der Waals surface area (Å²) in [5.74, 6) is -2.60. The number of hydrogen-bond donors (Lipinski definition) is 4. The summed E-state index contributed by atoms with van der Waals surface area (Å²) in [6.07, 6.45) is -0.192. The highest BCUT2D eigenvalue weighted by Gasteiger charge is 2.23. The van der Waals surface area contributed by atoms with Crippen LogP contribution in [0.3, 0.4) is 0 Å². The third-order valence-electron chi connectivity index (χ3n) is 3.14. The summed E-state index contributed by atoms with van der Waals surface area (Å²) in [4.78, 5) is 23.5. The first kappa shape index (κ1) is 20.2. The van der Waals surface area contributed by atoms with E-state index < -0.39 is 38.7 Å². The molecule has 9 nitrogen and oxygen atoms in total. The van der Waals surface area contributed by atoms with Gasteiger partial charge < -0.3 is 15.5 Å². The molecule has 0 bridgehead atoms. The van der Waals surface area contributed by atoms with E-state index in [2.05, 4.69) is 5.32 Å². The molecule has 0 spiro atoms. The molecule has 0 saturated carbocycles. The number of carbonyl (C=O) groups excluding carboxylic acids is 1. The highest BCUT2D eigenvalue weighted by atomic mass is 35.5. The highest BCUT2D eigenvalue weighted by molar-refractivity contribution is 7.86. The number of benzene rings is 1. The molecule has 0 aliphatic rings. The van der Waals surface area contributed by atoms with Gasteiger partial charge in [0.05, 0.1) is 5.69 Å². The maximum atomic E-state index is 11.9. The van der Waals surface area contributed by atoms with E-state index in [0.717, 1.165) is 12.1 Å². The third-order valence-corrected chi connectivity index (χ3v) is 4.23. The van der Waals surface area contributed by atoms with Crippen molar-refractivity contribution in [1.82, 2.24) is 4.90 Å². The summed E-state index contributed by atoms with van der Waals surface area (Å²) >= 11 is 5.70. The van der Waals surface area contributed by atoms with Crippen LogP contribution in [0.2, 0.25) is 5.02 Å². The van der Waals surface area contributed by atoms with Gasteiger partial charge in [-0.3, -0.25) is 19.0 Å². The number of amides is 1. The molecule has 0 aliphatic carbocycles. The number of phenols is 1. The van der Waals surface area contributed by atoms with Crippen LogP contribution in [0.1, 0.15) is 12.8 Å². The lowest BCUT2D eigenvalue weighted by atomic mass is 10.1. The molecular formula is C13H17ClN2O7S. The zero-order valence-electron chi connectivity index (χ0n) is 12.9. The van der Waals surface area contributed by atoms with Crippen molar-refractivity contribution in [3.05, 3.63) is 17.2 Å². The second kappa shape index (κ2) is 7.79. The molecule has 0 aromatic heterocycles. The first-order valence-electron chi connectivity index (χ1n) is 6.62. The van der Waals surface area contributed by atoms with E-state index in [-0.39, 0.29) is 23.6 Å². The zero-order chi connectivity index (χ0) is 18.7. The molecule has 24 heavy (non-hydrogen) atoms. The average Bonchev–Trinajstić information content (AvgIpc) is 2.40. The van der Waals surface area contributed by atoms with Crippen molar-refractivity contribution >= 4 is 39.3 Å². The van der Waals surface area contributed by atoms with Crippen molar-refractivity contribution in [1.29, 1.82) is 0 Å². The zero-order valence-corrected chi connectivity index (χ0v) is 14.4. The highest BCUT2D eigenvalue weighted by Crippen LogP contribution is 2.34. The van der Waals surface area contributed by atoms with Crippen LogP contribution in [0.25, 0.3) is 0 Å². The molecule has 1 aromatic carbocycles. The Balaban J connectivity index is 2.92. The van der Waals surface area contributed by atoms with E-state index >= 15 is 0 Å². The van der Waals surface area contributed by atoms with E-state index in [4.69, 9.17) is 21.3 Å². The van der Waals surface area contributed by atoms with Gasteiger partial charge in [-0.05, 0) is 32.6 Å². The minimum Gasteiger partial charge on any atom is -0.504 e. The van der Waals surface area contributed by atoms with Gasteiger partial charge in [0.2, 0.25) is 5.91 Å². The summed E-state index contributed by atoms with van der Waals surface area (Å²) < 4.78 is 31.3. The van der Waals surface area contributed by atoms with E-state index in [1.807, 2.05) is 0 Å². The van der Waals surface area contributed by atoms with Gasteiger partial charge in [0.15, 0.2) is 5.75 Å². The molecule has 134 valence electrons. The van der Waals surface area contributed by atoms with Gasteiger partial charge in [0.1, 0.15) is 10.9 Å². The Morgan fingerprint density at radius 2 is 1.92 bits per heavy atom. The predicted octanol–water partition coefficient (Wildman–Crippen LogP) is 1.03. The molecule has 0 unspecified atom stereocenters. The number of nitrogens with zero attached hydrogens (tertiary/aromatic N) is 1. The van der Waals surface area contributed by atoms with Crippen LogP contribution in [-0.2, 0) is 19.7 Å². The number of aliphatic carboxylic acids is 1. The molecule has 0 aliphatic heterocycles. The van der Waals surface area contributed by atoms with Crippen molar-refractivity contribution in [2.75, 3.05) is 19.4 Å². The minimum atomic E-state index is -4.73. The normalized spacial score (nSPS) is 12.9. The van der Waals surface area contributed by atoms with Gasteiger partial charge in [0, 0.05) is 11.4 Å². The van der Waals surface area contributed by atoms with Crippen molar-refractivity contribution in [3.8, 4) is 5.75 Å². The van der Waals surface area contributed by atoms with Crippen molar-refractivity contribution < 1.29 is 32.8 Å². The number of phenolic OH excluding ortho intramolecular Hbond substituents is 1. The van der Waals surface area contributed by atoms with Crippen LogP contribution in [0.15, 0.2) is 17.0 Å². The Morgan fingerprint density at radius 1 is 1.33 bits per heavy atom. The number of carbonyl (C=O) groups is 2. The average molecular weight is 381 g/mol. The molecule has 1 rings (SSSR count). The fourth-order valence-corrected chi connectivity index (χ4v) is 2.86. The van der Waals surface area contributed by atoms with Crippen LogP contribution >= 0.6 is 11.6 Å². The van der Waals surface area contributed by atoms with Gasteiger partial charge in [-0.25, -0.2) is 0 Å². The number of carboxylic acids is 1. The number of anilines is 1. The van der Waals surface area contributed by atoms with Crippen molar-refractivity contribution in [3.63, 3.8) is 0 Å². The maximum absolute atomic E-state index is 11.9. The molecule has 1 aromatic rings. The van der Waals surface area contributed by atoms with E-state index in [1.165, 1.54) is 4.90 Å². The molecule has 0 saturated heterocycles. The number of halogens is 1. The summed E-state index contributed by atoms with van der Waals surface area (Å²) in [6, 6.07) is 1.05. The van der Waals surface area contributed by atoms with E-state index in [1.54, 1.807) is 14.1 Å². The van der Waals surface area contributed by atoms with Crippen LogP contribution < -0.4 is 5.32 Å². The lowest BCUT2D eigenvalue weighted by Crippen LogP contribution is -2.36. The van der Waals surface area contributed by atoms with E-state index in [9.17, 15) is 23.1 Å². The van der Waals surface area contributed by atoms with Crippen molar-refractivity contribution in [2.45, 2.75) is 23.8 Å². The Labute approximate surface area is 143 Å². The molecule has 0 radical (unpaired) electrons. The van der Waals surface area contributed by atoms with Crippen LogP contribution in [-0.4, -0.2) is 60.1 Å². The quantitative estimate of drug-likeness (QED) is 0.405. The Hall–Kier alpha value is -1.88. The Kier molecular flexibility index (Phi) is 6.55. The second-order valence-corrected chi connectivity index (χ2v) is 7.01. The largest absolute Gasteiger partial charge is 0.504 e. The van der Waals surface area contributed by atoms with Gasteiger partial charge in [0.25, 0.3) is 10.1 Å². The predicted molar refractivity (Wildman–Crippen MR) is 85.9 cm³/mol. The van der Waals surface area contributed by atoms with Gasteiger partial charge in [-0.15, -0.1) is 0 Å². The number of likely N-dealkylation sites (N-methyl/N-ethyl adjacent to an activating group) is 1. The smallest absolute Gasteiger partial charge is 0.320 e. The maximum Gasteiger partial charge on any atom is 0.320 e. The lowest BCUT2D eigenvalue weighted by molar-refractivity contribution is -0.142. The molecule has 1 atom stereocenters. The number of nitrogens with one attached hydrogen (secondary N) is 1. The first-order valence-corrected chi connectivity index (χ1v) is 8.44. The summed E-state index contributed by atoms with van der Waals surface area (Å²) in [7, 11) is -1.63. The first-order chi connectivity index (χ1) is 10.9. The molecule has 0 heterocycles. The monoisotopic (exact) mass is 380 g/mol. The summed E-state index contributed by atoms with van der Waals surface area (Å²) in [5.41, 5.74) is -0.308. The third kappa shape index (κ3) is 5.34. The molecule has 1 amide bonds. The van der Waals surface area contributed by atoms with E-state index in [0.29, 0.717) is 0 Å². The number of hydrogen-bond acceptors (Lipinski definition) is 6. The van der Waals surface area contributed by atoms with Crippen molar-refractivity contribution in [2.24, 2.45) is 0 Å². The SMILES string of the molecule is CN(C)[C@@H](CCC(=O)Nc1cc(Cl)cc(S(=O)(=O)O)c1O)C(=O)O. The molecular weight excluding hydrogens is 364 g/mol. The fraction of sp³-hybridized carbons (Fsp3) is 0.385. The number of carboxylic acid groups (broad SMARTS) is 1. The summed E-state index contributed by atoms with van der Waals surface area (Å²) in [6.45, 7) is 0. The topological polar surface area (TPSA) is 144 Å². The Bertz CT molecular complexity index is 749. The van der Waals surface area contributed by atoms with Crippen LogP contribution in [0.4, 0.5) is 5.69 Å². The lowest BCUT2D eigenvalue weighted by Gasteiger charge is -2.19. The molecule has 4 N–H and O–H groups in total. The number of rotatable bonds is 7. The number of aromatic hydroxyl groups is 1. The fourth-order valence-electron chi connectivity index (χ4n) is 1.95.